The van der Waals surface area contributed by atoms with Gasteiger partial charge in [-0.2, -0.15) is 0 Å². The van der Waals surface area contributed by atoms with Gasteiger partial charge in [0, 0.05) is 29.8 Å². The number of aromatic amines is 1. The van der Waals surface area contributed by atoms with Gasteiger partial charge in [0.25, 0.3) is 0 Å². The molecule has 0 saturated heterocycles. The third-order valence-corrected chi connectivity index (χ3v) is 3.42. The molecule has 1 aromatic heterocycles. The van der Waals surface area contributed by atoms with Crippen LogP contribution in [0.4, 0.5) is 4.39 Å². The van der Waals surface area contributed by atoms with Gasteiger partial charge in [-0.1, -0.05) is 15.9 Å². The van der Waals surface area contributed by atoms with Crippen LogP contribution in [-0.2, 0) is 13.0 Å². The Bertz CT molecular complexity index is 485. The van der Waals surface area contributed by atoms with Crippen molar-refractivity contribution in [3.63, 3.8) is 0 Å². The Kier molecular flexibility index (Phi) is 4.90. The van der Waals surface area contributed by atoms with Crippen molar-refractivity contribution in [3.8, 4) is 0 Å². The van der Waals surface area contributed by atoms with Crippen molar-refractivity contribution in [2.75, 3.05) is 6.54 Å². The number of benzene rings is 1. The summed E-state index contributed by atoms with van der Waals surface area (Å²) < 4.78 is 14.0. The predicted molar refractivity (Wildman–Crippen MR) is 72.7 cm³/mol. The number of aromatic nitrogens is 2. The molecule has 0 aliphatic heterocycles. The zero-order valence-electron chi connectivity index (χ0n) is 9.92. The molecule has 0 atom stereocenters. The van der Waals surface area contributed by atoms with E-state index in [1.807, 2.05) is 6.20 Å². The maximum atomic E-state index is 13.0. The van der Waals surface area contributed by atoms with Gasteiger partial charge in [0.15, 0.2) is 0 Å². The molecule has 96 valence electrons. The molecule has 3 nitrogen and oxygen atoms in total. The second-order valence-electron chi connectivity index (χ2n) is 4.05. The third kappa shape index (κ3) is 3.92. The molecule has 2 N–H and O–H groups in total. The highest BCUT2D eigenvalue weighted by atomic mass is 79.9. The quantitative estimate of drug-likeness (QED) is 0.805. The SMILES string of the molecule is Fc1ccc(Br)c(CNCCCc2ncc[nH]2)c1. The van der Waals surface area contributed by atoms with Crippen LogP contribution in [0.15, 0.2) is 35.1 Å². The van der Waals surface area contributed by atoms with Gasteiger partial charge >= 0.3 is 0 Å². The van der Waals surface area contributed by atoms with E-state index in [4.69, 9.17) is 0 Å². The van der Waals surface area contributed by atoms with Crippen LogP contribution in [0.1, 0.15) is 17.8 Å². The monoisotopic (exact) mass is 311 g/mol. The summed E-state index contributed by atoms with van der Waals surface area (Å²) in [5.41, 5.74) is 0.938. The molecule has 0 amide bonds. The summed E-state index contributed by atoms with van der Waals surface area (Å²) in [6.45, 7) is 1.54. The molecule has 5 heteroatoms. The lowest BCUT2D eigenvalue weighted by molar-refractivity contribution is 0.613. The maximum Gasteiger partial charge on any atom is 0.123 e. The van der Waals surface area contributed by atoms with E-state index in [-0.39, 0.29) is 5.82 Å². The molecular formula is C13H15BrFN3. The topological polar surface area (TPSA) is 40.7 Å². The van der Waals surface area contributed by atoms with E-state index in [2.05, 4.69) is 31.2 Å². The van der Waals surface area contributed by atoms with Crippen LogP contribution in [0.25, 0.3) is 0 Å². The minimum Gasteiger partial charge on any atom is -0.349 e. The molecule has 0 bridgehead atoms. The van der Waals surface area contributed by atoms with Gasteiger partial charge in [-0.15, -0.1) is 0 Å². The zero-order chi connectivity index (χ0) is 12.8. The number of imidazole rings is 1. The second kappa shape index (κ2) is 6.66. The molecule has 2 rings (SSSR count). The van der Waals surface area contributed by atoms with Crippen molar-refractivity contribution in [1.82, 2.24) is 15.3 Å². The standard InChI is InChI=1S/C13H15BrFN3/c14-12-4-3-11(15)8-10(12)9-16-5-1-2-13-17-6-7-18-13/h3-4,6-8,16H,1-2,5,9H2,(H,17,18). The summed E-state index contributed by atoms with van der Waals surface area (Å²) in [7, 11) is 0. The minimum atomic E-state index is -0.203. The number of halogens is 2. The lowest BCUT2D eigenvalue weighted by atomic mass is 10.2. The first-order chi connectivity index (χ1) is 8.75. The van der Waals surface area contributed by atoms with Crippen molar-refractivity contribution >= 4 is 15.9 Å². The minimum absolute atomic E-state index is 0.203. The van der Waals surface area contributed by atoms with Crippen LogP contribution < -0.4 is 5.32 Å². The summed E-state index contributed by atoms with van der Waals surface area (Å²) in [6, 6.07) is 4.73. The van der Waals surface area contributed by atoms with Crippen LogP contribution in [0.2, 0.25) is 0 Å². The summed E-state index contributed by atoms with van der Waals surface area (Å²) in [4.78, 5) is 7.22. The van der Waals surface area contributed by atoms with Crippen LogP contribution in [0, 0.1) is 5.82 Å². The van der Waals surface area contributed by atoms with Crippen LogP contribution in [0.3, 0.4) is 0 Å². The van der Waals surface area contributed by atoms with E-state index in [1.54, 1.807) is 18.3 Å². The largest absolute Gasteiger partial charge is 0.349 e. The highest BCUT2D eigenvalue weighted by molar-refractivity contribution is 9.10. The fourth-order valence-electron chi connectivity index (χ4n) is 1.72. The van der Waals surface area contributed by atoms with E-state index >= 15 is 0 Å². The van der Waals surface area contributed by atoms with Gasteiger partial charge in [-0.05, 0) is 36.7 Å². The van der Waals surface area contributed by atoms with Gasteiger partial charge < -0.3 is 10.3 Å². The fourth-order valence-corrected chi connectivity index (χ4v) is 2.10. The molecule has 0 fully saturated rings. The molecule has 0 spiro atoms. The van der Waals surface area contributed by atoms with Crippen molar-refractivity contribution in [1.29, 1.82) is 0 Å². The molecule has 18 heavy (non-hydrogen) atoms. The highest BCUT2D eigenvalue weighted by Gasteiger charge is 2.01. The van der Waals surface area contributed by atoms with E-state index in [0.717, 1.165) is 35.2 Å². The Hall–Kier alpha value is -1.20. The molecule has 0 aliphatic carbocycles. The second-order valence-corrected chi connectivity index (χ2v) is 4.91. The molecule has 0 saturated carbocycles. The summed E-state index contributed by atoms with van der Waals surface area (Å²) in [5.74, 6) is 0.800. The Balaban J connectivity index is 1.70. The van der Waals surface area contributed by atoms with E-state index in [1.165, 1.54) is 6.07 Å². The Morgan fingerprint density at radius 3 is 3.06 bits per heavy atom. The van der Waals surface area contributed by atoms with Gasteiger partial charge in [0.05, 0.1) is 0 Å². The molecule has 2 aromatic rings. The van der Waals surface area contributed by atoms with Crippen LogP contribution in [-0.4, -0.2) is 16.5 Å². The Labute approximate surface area is 114 Å². The Morgan fingerprint density at radius 1 is 1.39 bits per heavy atom. The lowest BCUT2D eigenvalue weighted by Gasteiger charge is -2.06. The van der Waals surface area contributed by atoms with Crippen molar-refractivity contribution in [2.24, 2.45) is 0 Å². The first kappa shape index (κ1) is 13.2. The molecular weight excluding hydrogens is 297 g/mol. The predicted octanol–water partition coefficient (Wildman–Crippen LogP) is 3.03. The van der Waals surface area contributed by atoms with E-state index < -0.39 is 0 Å². The molecule has 0 aliphatic rings. The normalized spacial score (nSPS) is 10.8. The number of hydrogen-bond acceptors (Lipinski definition) is 2. The lowest BCUT2D eigenvalue weighted by Crippen LogP contribution is -2.16. The van der Waals surface area contributed by atoms with Crippen LogP contribution >= 0.6 is 15.9 Å². The van der Waals surface area contributed by atoms with Crippen molar-refractivity contribution < 1.29 is 4.39 Å². The van der Waals surface area contributed by atoms with Crippen LogP contribution in [0.5, 0.6) is 0 Å². The summed E-state index contributed by atoms with van der Waals surface area (Å²) in [5, 5.41) is 3.29. The van der Waals surface area contributed by atoms with Gasteiger partial charge in [-0.25, -0.2) is 9.37 Å². The Morgan fingerprint density at radius 2 is 2.28 bits per heavy atom. The molecule has 1 aromatic carbocycles. The van der Waals surface area contributed by atoms with Gasteiger partial charge in [0.1, 0.15) is 11.6 Å². The van der Waals surface area contributed by atoms with Crippen molar-refractivity contribution in [2.45, 2.75) is 19.4 Å². The third-order valence-electron chi connectivity index (χ3n) is 2.65. The van der Waals surface area contributed by atoms with Gasteiger partial charge in [-0.3, -0.25) is 0 Å². The maximum absolute atomic E-state index is 13.0. The molecule has 0 radical (unpaired) electrons. The smallest absolute Gasteiger partial charge is 0.123 e. The summed E-state index contributed by atoms with van der Waals surface area (Å²) >= 11 is 3.41. The number of H-pyrrole nitrogens is 1. The first-order valence-electron chi connectivity index (χ1n) is 5.88. The fraction of sp³-hybridized carbons (Fsp3) is 0.308. The number of nitrogens with zero attached hydrogens (tertiary/aromatic N) is 1. The number of hydrogen-bond donors (Lipinski definition) is 2. The zero-order valence-corrected chi connectivity index (χ0v) is 11.5. The van der Waals surface area contributed by atoms with E-state index in [9.17, 15) is 4.39 Å². The average molecular weight is 312 g/mol. The molecule has 0 unspecified atom stereocenters. The van der Waals surface area contributed by atoms with Gasteiger partial charge in [0.2, 0.25) is 0 Å². The van der Waals surface area contributed by atoms with E-state index in [0.29, 0.717) is 6.54 Å². The highest BCUT2D eigenvalue weighted by Crippen LogP contribution is 2.17. The number of rotatable bonds is 6. The average Bonchev–Trinajstić information content (AvgIpc) is 2.86. The number of aryl methyl sites for hydroxylation is 1. The number of nitrogens with one attached hydrogen (secondary N) is 2. The van der Waals surface area contributed by atoms with Crippen molar-refractivity contribution in [3.05, 3.63) is 52.3 Å². The first-order valence-corrected chi connectivity index (χ1v) is 6.68. The summed E-state index contributed by atoms with van der Waals surface area (Å²) in [6.07, 6.45) is 5.50. The molecule has 1 heterocycles.